The van der Waals surface area contributed by atoms with E-state index in [0.717, 1.165) is 16.7 Å². The highest BCUT2D eigenvalue weighted by molar-refractivity contribution is 8.26. The second-order valence-corrected chi connectivity index (χ2v) is 6.42. The molecule has 0 bridgehead atoms. The lowest BCUT2D eigenvalue weighted by molar-refractivity contribution is -0.145. The van der Waals surface area contributed by atoms with Crippen LogP contribution in [0.4, 0.5) is 0 Å². The maximum atomic E-state index is 12.4. The lowest BCUT2D eigenvalue weighted by atomic mass is 10.2. The van der Waals surface area contributed by atoms with Crippen molar-refractivity contribution >= 4 is 57.9 Å². The summed E-state index contributed by atoms with van der Waals surface area (Å²) < 4.78 is 0.257. The Bertz CT molecular complexity index is 645. The van der Waals surface area contributed by atoms with Crippen LogP contribution in [-0.2, 0) is 9.59 Å². The van der Waals surface area contributed by atoms with Gasteiger partial charge in [0.05, 0.1) is 4.91 Å². The average Bonchev–Trinajstić information content (AvgIpc) is 2.70. The van der Waals surface area contributed by atoms with E-state index in [9.17, 15) is 14.7 Å². The number of halogens is 1. The lowest BCUT2D eigenvalue weighted by Gasteiger charge is -2.21. The van der Waals surface area contributed by atoms with Gasteiger partial charge in [0.1, 0.15) is 10.4 Å². The van der Waals surface area contributed by atoms with Crippen molar-refractivity contribution in [1.29, 1.82) is 0 Å². The minimum atomic E-state index is -1.06. The SMILES string of the molecule is CCC(C(=O)O)N1C(=O)C(=Cc2ccccc2Cl)SC1=S. The Morgan fingerprint density at radius 2 is 2.19 bits per heavy atom. The van der Waals surface area contributed by atoms with Gasteiger partial charge in [-0.2, -0.15) is 0 Å². The molecule has 0 saturated carbocycles. The van der Waals surface area contributed by atoms with E-state index in [1.807, 2.05) is 6.07 Å². The predicted molar refractivity (Wildman–Crippen MR) is 88.2 cm³/mol. The Hall–Kier alpha value is -1.37. The number of nitrogens with zero attached hydrogens (tertiary/aromatic N) is 1. The minimum absolute atomic E-state index is 0.257. The van der Waals surface area contributed by atoms with Crippen LogP contribution in [-0.4, -0.2) is 32.2 Å². The molecule has 4 nitrogen and oxygen atoms in total. The molecule has 1 N–H and O–H groups in total. The molecule has 1 unspecified atom stereocenters. The first kappa shape index (κ1) is 16.0. The second kappa shape index (κ2) is 6.60. The van der Waals surface area contributed by atoms with Gasteiger partial charge in [-0.1, -0.05) is 60.7 Å². The van der Waals surface area contributed by atoms with Crippen molar-refractivity contribution in [2.24, 2.45) is 0 Å². The number of thiocarbonyl (C=S) groups is 1. The minimum Gasteiger partial charge on any atom is -0.480 e. The third-order valence-corrected chi connectivity index (χ3v) is 4.67. The molecule has 0 aromatic heterocycles. The molecule has 1 amide bonds. The first-order valence-electron chi connectivity index (χ1n) is 6.20. The number of thioether (sulfide) groups is 1. The summed E-state index contributed by atoms with van der Waals surface area (Å²) in [6.45, 7) is 1.70. The van der Waals surface area contributed by atoms with Gasteiger partial charge in [0.2, 0.25) is 0 Å². The summed E-state index contributed by atoms with van der Waals surface area (Å²) >= 11 is 12.3. The maximum Gasteiger partial charge on any atom is 0.326 e. The van der Waals surface area contributed by atoms with Gasteiger partial charge in [0.15, 0.2) is 0 Å². The molecular formula is C14H12ClNO3S2. The Labute approximate surface area is 136 Å². The van der Waals surface area contributed by atoms with Crippen molar-refractivity contribution < 1.29 is 14.7 Å². The van der Waals surface area contributed by atoms with Crippen molar-refractivity contribution in [3.8, 4) is 0 Å². The Balaban J connectivity index is 2.34. The van der Waals surface area contributed by atoms with Gasteiger partial charge in [-0.25, -0.2) is 4.79 Å². The maximum absolute atomic E-state index is 12.4. The van der Waals surface area contributed by atoms with Crippen molar-refractivity contribution in [3.05, 3.63) is 39.8 Å². The van der Waals surface area contributed by atoms with Gasteiger partial charge >= 0.3 is 5.97 Å². The Morgan fingerprint density at radius 3 is 2.76 bits per heavy atom. The van der Waals surface area contributed by atoms with Crippen LogP contribution in [0.3, 0.4) is 0 Å². The molecule has 1 heterocycles. The molecule has 1 aliphatic heterocycles. The zero-order valence-corrected chi connectivity index (χ0v) is 13.5. The molecular weight excluding hydrogens is 330 g/mol. The Morgan fingerprint density at radius 1 is 1.52 bits per heavy atom. The molecule has 21 heavy (non-hydrogen) atoms. The summed E-state index contributed by atoms with van der Waals surface area (Å²) in [4.78, 5) is 25.1. The Kier molecular flexibility index (Phi) is 5.03. The summed E-state index contributed by atoms with van der Waals surface area (Å²) in [7, 11) is 0. The molecule has 2 rings (SSSR count). The van der Waals surface area contributed by atoms with E-state index < -0.39 is 12.0 Å². The number of aliphatic carboxylic acids is 1. The number of hydrogen-bond donors (Lipinski definition) is 1. The zero-order valence-electron chi connectivity index (χ0n) is 11.1. The van der Waals surface area contributed by atoms with E-state index in [4.69, 9.17) is 23.8 Å². The van der Waals surface area contributed by atoms with E-state index in [-0.39, 0.29) is 10.2 Å². The molecule has 1 aromatic carbocycles. The van der Waals surface area contributed by atoms with E-state index >= 15 is 0 Å². The fraction of sp³-hybridized carbons (Fsp3) is 0.214. The third-order valence-electron chi connectivity index (χ3n) is 3.00. The van der Waals surface area contributed by atoms with Crippen molar-refractivity contribution in [2.75, 3.05) is 0 Å². The van der Waals surface area contributed by atoms with E-state index in [0.29, 0.717) is 21.9 Å². The number of carboxylic acids is 1. The van der Waals surface area contributed by atoms with Gasteiger partial charge in [-0.15, -0.1) is 0 Å². The molecule has 110 valence electrons. The quantitative estimate of drug-likeness (QED) is 0.672. The van der Waals surface area contributed by atoms with Crippen molar-refractivity contribution in [3.63, 3.8) is 0 Å². The summed E-state index contributed by atoms with van der Waals surface area (Å²) in [6.07, 6.45) is 1.93. The van der Waals surface area contributed by atoms with Crippen LogP contribution in [0.2, 0.25) is 5.02 Å². The highest BCUT2D eigenvalue weighted by Gasteiger charge is 2.39. The summed E-state index contributed by atoms with van der Waals surface area (Å²) in [5, 5.41) is 9.71. The van der Waals surface area contributed by atoms with E-state index in [1.54, 1.807) is 31.2 Å². The number of hydrogen-bond acceptors (Lipinski definition) is 4. The molecule has 0 radical (unpaired) electrons. The first-order chi connectivity index (χ1) is 9.95. The van der Waals surface area contributed by atoms with Crippen LogP contribution < -0.4 is 0 Å². The number of amides is 1. The highest BCUT2D eigenvalue weighted by Crippen LogP contribution is 2.35. The van der Waals surface area contributed by atoms with E-state index in [2.05, 4.69) is 0 Å². The van der Waals surface area contributed by atoms with Crippen LogP contribution in [0, 0.1) is 0 Å². The van der Waals surface area contributed by atoms with Gasteiger partial charge in [-0.3, -0.25) is 9.69 Å². The van der Waals surface area contributed by atoms with Crippen LogP contribution in [0.1, 0.15) is 18.9 Å². The predicted octanol–water partition coefficient (Wildman–Crippen LogP) is 3.40. The van der Waals surface area contributed by atoms with Crippen LogP contribution >= 0.6 is 35.6 Å². The van der Waals surface area contributed by atoms with Crippen LogP contribution in [0.5, 0.6) is 0 Å². The van der Waals surface area contributed by atoms with Gasteiger partial charge < -0.3 is 5.11 Å². The van der Waals surface area contributed by atoms with Crippen molar-refractivity contribution in [2.45, 2.75) is 19.4 Å². The number of rotatable bonds is 4. The monoisotopic (exact) mass is 341 g/mol. The lowest BCUT2D eigenvalue weighted by Crippen LogP contribution is -2.43. The molecule has 0 aliphatic carbocycles. The van der Waals surface area contributed by atoms with Crippen LogP contribution in [0.15, 0.2) is 29.2 Å². The smallest absolute Gasteiger partial charge is 0.326 e. The summed E-state index contributed by atoms with van der Waals surface area (Å²) in [5.41, 5.74) is 0.697. The van der Waals surface area contributed by atoms with E-state index in [1.165, 1.54) is 0 Å². The zero-order chi connectivity index (χ0) is 15.6. The third kappa shape index (κ3) is 3.28. The van der Waals surface area contributed by atoms with Crippen LogP contribution in [0.25, 0.3) is 6.08 Å². The molecule has 1 saturated heterocycles. The molecule has 1 atom stereocenters. The molecule has 1 aromatic rings. The average molecular weight is 342 g/mol. The molecule has 0 spiro atoms. The highest BCUT2D eigenvalue weighted by atomic mass is 35.5. The van der Waals surface area contributed by atoms with Gasteiger partial charge in [0.25, 0.3) is 5.91 Å². The van der Waals surface area contributed by atoms with Crippen molar-refractivity contribution in [1.82, 2.24) is 4.90 Å². The van der Waals surface area contributed by atoms with Gasteiger partial charge in [-0.05, 0) is 24.1 Å². The normalized spacial score (nSPS) is 18.4. The summed E-state index contributed by atoms with van der Waals surface area (Å²) in [6, 6.07) is 6.17. The standard InChI is InChI=1S/C14H12ClNO3S2/c1-2-10(13(18)19)16-12(17)11(21-14(16)20)7-8-5-3-4-6-9(8)15/h3-7,10H,2H2,1H3,(H,18,19). The number of benzene rings is 1. The first-order valence-corrected chi connectivity index (χ1v) is 7.80. The second-order valence-electron chi connectivity index (χ2n) is 4.34. The van der Waals surface area contributed by atoms with Gasteiger partial charge in [0, 0.05) is 5.02 Å². The number of carboxylic acid groups (broad SMARTS) is 1. The number of carbonyl (C=O) groups excluding carboxylic acids is 1. The number of carbonyl (C=O) groups is 2. The molecule has 1 fully saturated rings. The molecule has 1 aliphatic rings. The largest absolute Gasteiger partial charge is 0.480 e. The summed E-state index contributed by atoms with van der Waals surface area (Å²) in [5.74, 6) is -1.45. The molecule has 7 heteroatoms. The fourth-order valence-corrected chi connectivity index (χ4v) is 3.49. The topological polar surface area (TPSA) is 57.6 Å². The fourth-order valence-electron chi connectivity index (χ4n) is 1.95.